The lowest BCUT2D eigenvalue weighted by atomic mass is 10.1. The minimum Gasteiger partial charge on any atom is -0.465 e. The number of benzene rings is 1. The number of rotatable bonds is 5. The molecule has 0 aliphatic heterocycles. The molecule has 2 rings (SSSR count). The van der Waals surface area contributed by atoms with Crippen LogP contribution in [0.3, 0.4) is 0 Å². The van der Waals surface area contributed by atoms with E-state index in [9.17, 15) is 19.5 Å². The summed E-state index contributed by atoms with van der Waals surface area (Å²) in [5.74, 6) is -2.23. The van der Waals surface area contributed by atoms with Crippen molar-refractivity contribution in [3.63, 3.8) is 0 Å². The van der Waals surface area contributed by atoms with Gasteiger partial charge in [-0.2, -0.15) is 0 Å². The van der Waals surface area contributed by atoms with Gasteiger partial charge in [0.05, 0.1) is 19.2 Å². The first-order valence-electron chi connectivity index (χ1n) is 7.37. The van der Waals surface area contributed by atoms with Gasteiger partial charge in [-0.3, -0.25) is 9.59 Å². The zero-order valence-corrected chi connectivity index (χ0v) is 14.6. The molecule has 1 aromatic carbocycles. The normalized spacial score (nSPS) is 12.8. The molecule has 0 spiro atoms. The smallest absolute Gasteiger partial charge is 0.337 e. The second kappa shape index (κ2) is 7.91. The van der Waals surface area contributed by atoms with E-state index in [2.05, 4.69) is 15.4 Å². The summed E-state index contributed by atoms with van der Waals surface area (Å²) in [6.45, 7) is 1.46. The summed E-state index contributed by atoms with van der Waals surface area (Å²) in [7, 11) is 1.27. The van der Waals surface area contributed by atoms with Crippen molar-refractivity contribution in [2.24, 2.45) is 0 Å². The van der Waals surface area contributed by atoms with E-state index in [0.717, 1.165) is 0 Å². The highest BCUT2D eigenvalue weighted by atomic mass is 32.1. The molecule has 0 saturated carbocycles. The molecule has 0 bridgehead atoms. The number of amides is 2. The van der Waals surface area contributed by atoms with E-state index in [0.29, 0.717) is 16.1 Å². The largest absolute Gasteiger partial charge is 0.465 e. The molecule has 132 valence electrons. The van der Waals surface area contributed by atoms with Crippen LogP contribution >= 0.6 is 11.3 Å². The number of ether oxygens (including phenoxy) is 1. The molecule has 0 saturated heterocycles. The third kappa shape index (κ3) is 4.88. The number of carbonyl (C=O) groups is 3. The minimum atomic E-state index is -1.26. The third-order valence-corrected chi connectivity index (χ3v) is 4.54. The summed E-state index contributed by atoms with van der Waals surface area (Å²) in [4.78, 5) is 35.8. The van der Waals surface area contributed by atoms with Gasteiger partial charge in [0.1, 0.15) is 5.60 Å². The van der Waals surface area contributed by atoms with Gasteiger partial charge in [0.15, 0.2) is 0 Å². The second-order valence-electron chi connectivity index (χ2n) is 5.46. The van der Waals surface area contributed by atoms with Crippen LogP contribution in [0.5, 0.6) is 0 Å². The Balaban J connectivity index is 1.90. The molecule has 2 amide bonds. The quantitative estimate of drug-likeness (QED) is 0.552. The van der Waals surface area contributed by atoms with Gasteiger partial charge >= 0.3 is 17.8 Å². The highest BCUT2D eigenvalue weighted by molar-refractivity contribution is 7.10. The third-order valence-electron chi connectivity index (χ3n) is 3.42. The first-order valence-corrected chi connectivity index (χ1v) is 8.25. The van der Waals surface area contributed by atoms with Crippen LogP contribution in [-0.2, 0) is 19.9 Å². The van der Waals surface area contributed by atoms with E-state index in [4.69, 9.17) is 0 Å². The highest BCUT2D eigenvalue weighted by Crippen LogP contribution is 2.24. The molecule has 0 radical (unpaired) electrons. The lowest BCUT2D eigenvalue weighted by molar-refractivity contribution is -0.136. The molecule has 8 heteroatoms. The first kappa shape index (κ1) is 18.6. The monoisotopic (exact) mass is 362 g/mol. The summed E-state index contributed by atoms with van der Waals surface area (Å²) in [6.07, 6.45) is 0. The molecule has 7 nitrogen and oxygen atoms in total. The molecule has 25 heavy (non-hydrogen) atoms. The Morgan fingerprint density at radius 3 is 2.40 bits per heavy atom. The highest BCUT2D eigenvalue weighted by Gasteiger charge is 2.26. The van der Waals surface area contributed by atoms with Gasteiger partial charge in [0, 0.05) is 10.6 Å². The molecule has 1 aromatic heterocycles. The Labute approximate surface area is 148 Å². The van der Waals surface area contributed by atoms with Gasteiger partial charge in [-0.15, -0.1) is 11.3 Å². The first-order chi connectivity index (χ1) is 11.8. The van der Waals surface area contributed by atoms with Crippen molar-refractivity contribution in [1.29, 1.82) is 0 Å². The van der Waals surface area contributed by atoms with Gasteiger partial charge in [0.2, 0.25) is 0 Å². The van der Waals surface area contributed by atoms with Crippen LogP contribution in [0.4, 0.5) is 5.69 Å². The fourth-order valence-corrected chi connectivity index (χ4v) is 2.79. The maximum atomic E-state index is 11.9. The van der Waals surface area contributed by atoms with Crippen molar-refractivity contribution in [2.45, 2.75) is 12.5 Å². The predicted octanol–water partition coefficient (Wildman–Crippen LogP) is 1.50. The lowest BCUT2D eigenvalue weighted by Gasteiger charge is -2.22. The van der Waals surface area contributed by atoms with E-state index >= 15 is 0 Å². The lowest BCUT2D eigenvalue weighted by Crippen LogP contribution is -2.42. The van der Waals surface area contributed by atoms with Crippen molar-refractivity contribution in [2.75, 3.05) is 19.0 Å². The van der Waals surface area contributed by atoms with Crippen LogP contribution in [0.1, 0.15) is 22.2 Å². The zero-order chi connectivity index (χ0) is 18.4. The molecule has 0 aliphatic carbocycles. The summed E-state index contributed by atoms with van der Waals surface area (Å²) < 4.78 is 4.58. The van der Waals surface area contributed by atoms with E-state index in [1.165, 1.54) is 42.7 Å². The Kier molecular flexibility index (Phi) is 5.89. The van der Waals surface area contributed by atoms with Gasteiger partial charge in [-0.05, 0) is 42.6 Å². The molecule has 0 aliphatic rings. The number of anilines is 1. The predicted molar refractivity (Wildman–Crippen MR) is 93.3 cm³/mol. The van der Waals surface area contributed by atoms with Crippen molar-refractivity contribution >= 4 is 34.8 Å². The number of esters is 1. The Morgan fingerprint density at radius 1 is 1.16 bits per heavy atom. The molecular weight excluding hydrogens is 344 g/mol. The Hall–Kier alpha value is -2.71. The summed E-state index contributed by atoms with van der Waals surface area (Å²) in [5.41, 5.74) is -0.568. The van der Waals surface area contributed by atoms with E-state index in [1.807, 2.05) is 5.38 Å². The molecule has 1 atom stereocenters. The van der Waals surface area contributed by atoms with E-state index in [-0.39, 0.29) is 6.54 Å². The van der Waals surface area contributed by atoms with Crippen LogP contribution in [0.25, 0.3) is 0 Å². The van der Waals surface area contributed by atoms with Crippen molar-refractivity contribution in [3.05, 3.63) is 52.2 Å². The van der Waals surface area contributed by atoms with Gasteiger partial charge in [0.25, 0.3) is 0 Å². The Bertz CT molecular complexity index is 754. The van der Waals surface area contributed by atoms with Crippen LogP contribution < -0.4 is 10.6 Å². The maximum Gasteiger partial charge on any atom is 0.337 e. The van der Waals surface area contributed by atoms with Gasteiger partial charge < -0.3 is 20.5 Å². The standard InChI is InChI=1S/C17H18N2O5S/c1-17(23,13-4-3-9-25-13)10-18-14(20)15(21)19-12-7-5-11(6-8-12)16(22)24-2/h3-9,23H,10H2,1-2H3,(H,18,20)(H,19,21). The maximum absolute atomic E-state index is 11.9. The number of methoxy groups -OCH3 is 1. The molecule has 0 fully saturated rings. The van der Waals surface area contributed by atoms with Crippen LogP contribution in [0.2, 0.25) is 0 Å². The van der Waals surface area contributed by atoms with Crippen LogP contribution in [0, 0.1) is 0 Å². The molecule has 1 heterocycles. The zero-order valence-electron chi connectivity index (χ0n) is 13.7. The number of hydrogen-bond acceptors (Lipinski definition) is 6. The molecule has 2 aromatic rings. The van der Waals surface area contributed by atoms with E-state index in [1.54, 1.807) is 19.1 Å². The minimum absolute atomic E-state index is 0.0962. The number of nitrogens with one attached hydrogen (secondary N) is 2. The SMILES string of the molecule is COC(=O)c1ccc(NC(=O)C(=O)NCC(C)(O)c2cccs2)cc1. The van der Waals surface area contributed by atoms with Gasteiger partial charge in [-0.1, -0.05) is 6.07 Å². The second-order valence-corrected chi connectivity index (χ2v) is 6.40. The molecular formula is C17H18N2O5S. The average molecular weight is 362 g/mol. The Morgan fingerprint density at radius 2 is 1.84 bits per heavy atom. The van der Waals surface area contributed by atoms with Crippen molar-refractivity contribution in [3.8, 4) is 0 Å². The number of hydrogen-bond donors (Lipinski definition) is 3. The number of carbonyl (C=O) groups excluding carboxylic acids is 3. The number of thiophene rings is 1. The van der Waals surface area contributed by atoms with Crippen LogP contribution in [-0.4, -0.2) is 36.5 Å². The summed E-state index contributed by atoms with van der Waals surface area (Å²) in [5, 5.41) is 17.0. The number of aliphatic hydroxyl groups is 1. The van der Waals surface area contributed by atoms with Crippen molar-refractivity contribution < 1.29 is 24.2 Å². The fraction of sp³-hybridized carbons (Fsp3) is 0.235. The molecule has 3 N–H and O–H groups in total. The fourth-order valence-electron chi connectivity index (χ4n) is 2.00. The van der Waals surface area contributed by atoms with E-state index < -0.39 is 23.4 Å². The van der Waals surface area contributed by atoms with Crippen molar-refractivity contribution in [1.82, 2.24) is 5.32 Å². The summed E-state index contributed by atoms with van der Waals surface area (Å²) in [6, 6.07) is 9.46. The molecule has 1 unspecified atom stereocenters. The summed E-state index contributed by atoms with van der Waals surface area (Å²) >= 11 is 1.36. The van der Waals surface area contributed by atoms with Gasteiger partial charge in [-0.25, -0.2) is 4.79 Å². The topological polar surface area (TPSA) is 105 Å². The average Bonchev–Trinajstić information content (AvgIpc) is 3.15. The van der Waals surface area contributed by atoms with Crippen LogP contribution in [0.15, 0.2) is 41.8 Å².